The van der Waals surface area contributed by atoms with Crippen molar-refractivity contribution in [3.63, 3.8) is 0 Å². The summed E-state index contributed by atoms with van der Waals surface area (Å²) < 4.78 is 35.3. The first-order valence-electron chi connectivity index (χ1n) is 21.5. The molecule has 0 spiro atoms. The standard InChI is InChI=1S/C17H20N2O4.C16H19N3O4.C15H17N3O4/c1-16(2)17(3,21)15(22-11-6-7-19-14(20)9-11)12-8-10(18)4-5-13(12)23-16;1-15(2)16(3,21)14(22-13-7-6-12(20)18-19-13)10-8-9(17)4-5-11(10)23-15;1-15(2)14(20)13(21-12-6-5-11(19)17-18-12)9-7-8(16)3-4-10(9)22-15/h4-9,15,21H,18H2,1-3H3,(H,19,20);4-8,14,21H,17H2,1-3H3,(H,18,20);3-7,13-14,20H,16H2,1-2H3,(H,17,19). The number of hydrogen-bond acceptors (Lipinski definition) is 17. The van der Waals surface area contributed by atoms with Crippen molar-refractivity contribution in [1.82, 2.24) is 25.4 Å². The Morgan fingerprint density at radius 1 is 0.544 bits per heavy atom. The van der Waals surface area contributed by atoms with Crippen molar-refractivity contribution in [2.24, 2.45) is 0 Å². The Morgan fingerprint density at radius 3 is 1.44 bits per heavy atom. The van der Waals surface area contributed by atoms with Crippen LogP contribution in [0.1, 0.15) is 90.4 Å². The van der Waals surface area contributed by atoms with Crippen LogP contribution < -0.4 is 62.3 Å². The van der Waals surface area contributed by atoms with Gasteiger partial charge in [0.2, 0.25) is 11.8 Å². The summed E-state index contributed by atoms with van der Waals surface area (Å²) >= 11 is 0. The third-order valence-corrected chi connectivity index (χ3v) is 12.3. The third-order valence-electron chi connectivity index (χ3n) is 12.3. The van der Waals surface area contributed by atoms with Crippen LogP contribution >= 0.6 is 0 Å². The molecule has 3 aromatic heterocycles. The average Bonchev–Trinajstić information content (AvgIpc) is 3.26. The maximum Gasteiger partial charge on any atom is 0.264 e. The number of rotatable bonds is 6. The SMILES string of the molecule is CC1(C)Oc2ccc(N)cc2C(Oc2cc[nH]c(=O)c2)C1(C)O.CC1(C)Oc2ccc(N)cc2C(Oc2ccc(=O)[nH]n2)C1(C)O.CC1(C)Oc2ccc(N)cc2C(Oc2ccc(=O)[nH]n2)C1O. The molecule has 360 valence electrons. The Balaban J connectivity index is 0.000000151. The van der Waals surface area contributed by atoms with Crippen molar-refractivity contribution in [3.8, 4) is 34.8 Å². The minimum Gasteiger partial charge on any atom is -0.485 e. The molecule has 0 amide bonds. The molecule has 0 fully saturated rings. The first-order valence-corrected chi connectivity index (χ1v) is 21.5. The van der Waals surface area contributed by atoms with Gasteiger partial charge in [0, 0.05) is 70.3 Å². The number of fused-ring (bicyclic) bond motifs is 3. The fourth-order valence-electron chi connectivity index (χ4n) is 7.65. The van der Waals surface area contributed by atoms with E-state index in [-0.39, 0.29) is 28.4 Å². The van der Waals surface area contributed by atoms with Crippen LogP contribution in [-0.2, 0) is 0 Å². The monoisotopic (exact) mass is 936 g/mol. The Hall–Kier alpha value is -7.55. The van der Waals surface area contributed by atoms with Gasteiger partial charge in [-0.3, -0.25) is 14.4 Å². The van der Waals surface area contributed by atoms with E-state index in [1.807, 2.05) is 0 Å². The van der Waals surface area contributed by atoms with Crippen LogP contribution in [0.3, 0.4) is 0 Å². The molecule has 3 aliphatic rings. The lowest BCUT2D eigenvalue weighted by atomic mass is 9.77. The van der Waals surface area contributed by atoms with Gasteiger partial charge in [-0.2, -0.15) is 0 Å². The second kappa shape index (κ2) is 17.9. The maximum atomic E-state index is 11.5. The van der Waals surface area contributed by atoms with Gasteiger partial charge >= 0.3 is 0 Å². The van der Waals surface area contributed by atoms with Gasteiger partial charge < -0.3 is 65.9 Å². The number of nitrogens with two attached hydrogens (primary N) is 3. The number of nitrogen functional groups attached to an aromatic ring is 3. The number of aromatic nitrogens is 5. The Labute approximate surface area is 390 Å². The van der Waals surface area contributed by atoms with Gasteiger partial charge in [-0.05, 0) is 116 Å². The van der Waals surface area contributed by atoms with Crippen LogP contribution in [0.2, 0.25) is 0 Å². The molecule has 0 bridgehead atoms. The number of H-pyrrole nitrogens is 3. The maximum absolute atomic E-state index is 11.5. The summed E-state index contributed by atoms with van der Waals surface area (Å²) in [6.45, 7) is 14.0. The molecule has 3 aliphatic heterocycles. The highest BCUT2D eigenvalue weighted by Crippen LogP contribution is 2.50. The molecule has 0 saturated heterocycles. The van der Waals surface area contributed by atoms with E-state index in [1.54, 1.807) is 116 Å². The van der Waals surface area contributed by atoms with Crippen LogP contribution in [0, 0.1) is 0 Å². The molecule has 6 heterocycles. The van der Waals surface area contributed by atoms with E-state index in [1.165, 1.54) is 36.5 Å². The molecular weight excluding hydrogens is 881 g/mol. The molecule has 0 aliphatic carbocycles. The zero-order valence-electron chi connectivity index (χ0n) is 38.7. The topological polar surface area (TPSA) is 318 Å². The highest BCUT2D eigenvalue weighted by Gasteiger charge is 2.55. The summed E-state index contributed by atoms with van der Waals surface area (Å²) in [5, 5.41) is 44.9. The van der Waals surface area contributed by atoms with Gasteiger partial charge in [0.05, 0.1) is 0 Å². The van der Waals surface area contributed by atoms with Crippen LogP contribution in [0.25, 0.3) is 0 Å². The number of pyridine rings is 1. The first kappa shape index (κ1) is 48.4. The molecule has 0 saturated carbocycles. The minimum absolute atomic E-state index is 0.195. The zero-order chi connectivity index (χ0) is 49.6. The molecule has 20 nitrogen and oxygen atoms in total. The van der Waals surface area contributed by atoms with E-state index in [9.17, 15) is 29.7 Å². The highest BCUT2D eigenvalue weighted by atomic mass is 16.6. The summed E-state index contributed by atoms with van der Waals surface area (Å²) in [6, 6.07) is 24.0. The van der Waals surface area contributed by atoms with Gasteiger partial charge in [0.1, 0.15) is 57.1 Å². The van der Waals surface area contributed by atoms with Crippen LogP contribution in [0.5, 0.6) is 34.8 Å². The highest BCUT2D eigenvalue weighted by molar-refractivity contribution is 5.54. The number of ether oxygens (including phenoxy) is 6. The van der Waals surface area contributed by atoms with E-state index >= 15 is 0 Å². The largest absolute Gasteiger partial charge is 0.485 e. The van der Waals surface area contributed by atoms with Crippen molar-refractivity contribution in [2.45, 2.75) is 108 Å². The van der Waals surface area contributed by atoms with E-state index in [0.29, 0.717) is 56.8 Å². The number of nitrogens with one attached hydrogen (secondary N) is 3. The van der Waals surface area contributed by atoms with Gasteiger partial charge in [-0.25, -0.2) is 10.2 Å². The lowest BCUT2D eigenvalue weighted by Crippen LogP contribution is -2.59. The van der Waals surface area contributed by atoms with Crippen molar-refractivity contribution < 1.29 is 43.7 Å². The average molecular weight is 937 g/mol. The van der Waals surface area contributed by atoms with E-state index in [2.05, 4.69) is 25.4 Å². The Morgan fingerprint density at radius 2 is 0.985 bits per heavy atom. The molecule has 6 aromatic rings. The quantitative estimate of drug-likeness (QED) is 0.105. The minimum atomic E-state index is -1.36. The second-order valence-electron chi connectivity index (χ2n) is 18.5. The molecule has 9 rings (SSSR count). The normalized spacial score (nSPS) is 24.4. The van der Waals surface area contributed by atoms with Crippen molar-refractivity contribution in [2.75, 3.05) is 17.2 Å². The Kier molecular flexibility index (Phi) is 12.8. The number of hydrogen-bond donors (Lipinski definition) is 9. The van der Waals surface area contributed by atoms with Gasteiger partial charge in [-0.1, -0.05) is 0 Å². The van der Waals surface area contributed by atoms with E-state index < -0.39 is 52.4 Å². The fraction of sp³-hybridized carbons (Fsp3) is 0.354. The number of aromatic amines is 3. The first-order chi connectivity index (χ1) is 31.8. The van der Waals surface area contributed by atoms with Crippen molar-refractivity contribution in [3.05, 3.63) is 145 Å². The van der Waals surface area contributed by atoms with Crippen molar-refractivity contribution >= 4 is 17.1 Å². The Bertz CT molecular complexity index is 2940. The number of nitrogens with zero attached hydrogens (tertiary/aromatic N) is 2. The third kappa shape index (κ3) is 9.78. The number of benzene rings is 3. The zero-order valence-corrected chi connectivity index (χ0v) is 38.7. The molecule has 12 N–H and O–H groups in total. The second-order valence-corrected chi connectivity index (χ2v) is 18.5. The molecule has 3 aromatic carbocycles. The summed E-state index contributed by atoms with van der Waals surface area (Å²) in [5.74, 6) is 2.55. The van der Waals surface area contributed by atoms with Crippen LogP contribution in [-0.4, -0.2) is 74.8 Å². The van der Waals surface area contributed by atoms with Crippen LogP contribution in [0.15, 0.2) is 112 Å². The lowest BCUT2D eigenvalue weighted by molar-refractivity contribution is -0.175. The summed E-state index contributed by atoms with van der Waals surface area (Å²) in [4.78, 5) is 36.2. The number of aliphatic hydroxyl groups excluding tert-OH is 1. The summed E-state index contributed by atoms with van der Waals surface area (Å²) in [6.07, 6.45) is -1.64. The fourth-order valence-corrected chi connectivity index (χ4v) is 7.65. The molecule has 0 radical (unpaired) electrons. The number of aliphatic hydroxyl groups is 3. The van der Waals surface area contributed by atoms with Gasteiger partial charge in [0.25, 0.3) is 16.7 Å². The molecule has 68 heavy (non-hydrogen) atoms. The van der Waals surface area contributed by atoms with Crippen molar-refractivity contribution in [1.29, 1.82) is 0 Å². The summed E-state index contributed by atoms with van der Waals surface area (Å²) in [7, 11) is 0. The van der Waals surface area contributed by atoms with Crippen LogP contribution in [0.4, 0.5) is 17.1 Å². The number of anilines is 3. The molecule has 6 unspecified atom stereocenters. The van der Waals surface area contributed by atoms with Gasteiger partial charge in [0.15, 0.2) is 18.3 Å². The lowest BCUT2D eigenvalue weighted by Gasteiger charge is -2.48. The summed E-state index contributed by atoms with van der Waals surface area (Å²) in [5.41, 5.74) is 14.8. The van der Waals surface area contributed by atoms with E-state index in [0.717, 1.165) is 0 Å². The molecule has 6 atom stereocenters. The predicted molar refractivity (Wildman–Crippen MR) is 251 cm³/mol. The molecule has 20 heteroatoms. The molecular formula is C48H56N8O12. The van der Waals surface area contributed by atoms with E-state index in [4.69, 9.17) is 45.6 Å². The van der Waals surface area contributed by atoms with Gasteiger partial charge in [-0.15, -0.1) is 10.2 Å². The predicted octanol–water partition coefficient (Wildman–Crippen LogP) is 4.40. The smallest absolute Gasteiger partial charge is 0.264 e.